The average molecular weight is 176 g/mol. The predicted molar refractivity (Wildman–Crippen MR) is 46.3 cm³/mol. The van der Waals surface area contributed by atoms with E-state index >= 15 is 0 Å². The topological polar surface area (TPSA) is 18.5 Å². The SMILES string of the molecule is C=C(CC(C)OCCCC)OF. The lowest BCUT2D eigenvalue weighted by Crippen LogP contribution is -2.10. The molecule has 0 aromatic heterocycles. The summed E-state index contributed by atoms with van der Waals surface area (Å²) in [7, 11) is 0. The first-order valence-electron chi connectivity index (χ1n) is 4.28. The fraction of sp³-hybridized carbons (Fsp3) is 0.778. The van der Waals surface area contributed by atoms with Crippen LogP contribution in [0.25, 0.3) is 0 Å². The molecule has 0 saturated carbocycles. The summed E-state index contributed by atoms with van der Waals surface area (Å²) in [5.74, 6) is 0.124. The van der Waals surface area contributed by atoms with Crippen molar-refractivity contribution in [3.63, 3.8) is 0 Å². The van der Waals surface area contributed by atoms with Crippen molar-refractivity contribution in [2.75, 3.05) is 6.61 Å². The molecule has 0 aromatic carbocycles. The molecule has 0 aromatic rings. The van der Waals surface area contributed by atoms with Crippen LogP contribution in [0.3, 0.4) is 0 Å². The standard InChI is InChI=1S/C9H17FO2/c1-4-5-6-11-8(2)7-9(3)12-10/h8H,3-7H2,1-2H3. The van der Waals surface area contributed by atoms with Crippen LogP contribution < -0.4 is 0 Å². The molecule has 0 bridgehead atoms. The van der Waals surface area contributed by atoms with Crippen molar-refractivity contribution >= 4 is 0 Å². The van der Waals surface area contributed by atoms with E-state index in [1.54, 1.807) is 0 Å². The zero-order chi connectivity index (χ0) is 9.40. The first kappa shape index (κ1) is 11.4. The van der Waals surface area contributed by atoms with E-state index in [0.29, 0.717) is 6.42 Å². The van der Waals surface area contributed by atoms with Crippen molar-refractivity contribution in [1.29, 1.82) is 0 Å². The molecule has 1 atom stereocenters. The van der Waals surface area contributed by atoms with Gasteiger partial charge in [-0.3, -0.25) is 4.94 Å². The molecular formula is C9H17FO2. The van der Waals surface area contributed by atoms with Crippen molar-refractivity contribution in [3.8, 4) is 0 Å². The highest BCUT2D eigenvalue weighted by atomic mass is 19.3. The van der Waals surface area contributed by atoms with E-state index in [1.165, 1.54) is 0 Å². The number of hydrogen-bond donors (Lipinski definition) is 0. The second kappa shape index (κ2) is 7.10. The molecule has 0 rings (SSSR count). The molecule has 2 nitrogen and oxygen atoms in total. The maximum Gasteiger partial charge on any atom is 0.144 e. The summed E-state index contributed by atoms with van der Waals surface area (Å²) in [5.41, 5.74) is 0. The minimum atomic E-state index is -0.0141. The highest BCUT2D eigenvalue weighted by molar-refractivity contribution is 4.82. The third-order valence-corrected chi connectivity index (χ3v) is 1.52. The van der Waals surface area contributed by atoms with Crippen LogP contribution in [0.4, 0.5) is 4.53 Å². The van der Waals surface area contributed by atoms with Crippen molar-refractivity contribution < 1.29 is 14.2 Å². The minimum absolute atomic E-state index is 0.0141. The molecular weight excluding hydrogens is 159 g/mol. The Morgan fingerprint density at radius 2 is 2.25 bits per heavy atom. The highest BCUT2D eigenvalue weighted by Gasteiger charge is 2.05. The Kier molecular flexibility index (Phi) is 6.76. The van der Waals surface area contributed by atoms with Crippen LogP contribution in [0.1, 0.15) is 33.1 Å². The van der Waals surface area contributed by atoms with E-state index in [-0.39, 0.29) is 11.9 Å². The van der Waals surface area contributed by atoms with E-state index in [0.717, 1.165) is 19.4 Å². The van der Waals surface area contributed by atoms with Crippen molar-refractivity contribution in [2.24, 2.45) is 0 Å². The maximum absolute atomic E-state index is 11.5. The minimum Gasteiger partial charge on any atom is -0.378 e. The van der Waals surface area contributed by atoms with E-state index in [9.17, 15) is 4.53 Å². The molecule has 0 spiro atoms. The van der Waals surface area contributed by atoms with E-state index in [1.807, 2.05) is 6.92 Å². The molecule has 0 aliphatic heterocycles. The summed E-state index contributed by atoms with van der Waals surface area (Å²) in [5, 5.41) is 0. The van der Waals surface area contributed by atoms with Gasteiger partial charge in [0.05, 0.1) is 6.10 Å². The normalized spacial score (nSPS) is 12.6. The van der Waals surface area contributed by atoms with Crippen LogP contribution in [0.5, 0.6) is 0 Å². The van der Waals surface area contributed by atoms with Crippen LogP contribution in [-0.2, 0) is 9.68 Å². The number of halogens is 1. The van der Waals surface area contributed by atoms with Gasteiger partial charge >= 0.3 is 0 Å². The van der Waals surface area contributed by atoms with Gasteiger partial charge in [-0.1, -0.05) is 19.9 Å². The van der Waals surface area contributed by atoms with Gasteiger partial charge in [0.1, 0.15) is 5.76 Å². The van der Waals surface area contributed by atoms with Crippen molar-refractivity contribution in [1.82, 2.24) is 0 Å². The van der Waals surface area contributed by atoms with Gasteiger partial charge in [0.25, 0.3) is 0 Å². The molecule has 1 unspecified atom stereocenters. The number of hydrogen-bond acceptors (Lipinski definition) is 2. The monoisotopic (exact) mass is 176 g/mol. The van der Waals surface area contributed by atoms with Gasteiger partial charge in [0, 0.05) is 17.6 Å². The summed E-state index contributed by atoms with van der Waals surface area (Å²) in [4.78, 5) is 3.45. The molecule has 0 aliphatic rings. The molecule has 72 valence electrons. The second-order valence-electron chi connectivity index (χ2n) is 2.85. The van der Waals surface area contributed by atoms with Crippen LogP contribution >= 0.6 is 0 Å². The maximum atomic E-state index is 11.5. The molecule has 3 heteroatoms. The van der Waals surface area contributed by atoms with Crippen molar-refractivity contribution in [2.45, 2.75) is 39.2 Å². The number of unbranched alkanes of at least 4 members (excludes halogenated alkanes) is 1. The lowest BCUT2D eigenvalue weighted by molar-refractivity contribution is -0.0935. The van der Waals surface area contributed by atoms with E-state index in [2.05, 4.69) is 18.4 Å². The fourth-order valence-electron chi connectivity index (χ4n) is 0.840. The molecule has 0 aliphatic carbocycles. The predicted octanol–water partition coefficient (Wildman–Crippen LogP) is 3.00. The summed E-state index contributed by atoms with van der Waals surface area (Å²) < 4.78 is 16.8. The molecule has 0 heterocycles. The quantitative estimate of drug-likeness (QED) is 0.438. The summed E-state index contributed by atoms with van der Waals surface area (Å²) in [6, 6.07) is 0. The molecule has 0 radical (unpaired) electrons. The van der Waals surface area contributed by atoms with Crippen molar-refractivity contribution in [3.05, 3.63) is 12.3 Å². The zero-order valence-corrected chi connectivity index (χ0v) is 7.81. The summed E-state index contributed by atoms with van der Waals surface area (Å²) in [6.07, 6.45) is 2.54. The smallest absolute Gasteiger partial charge is 0.144 e. The van der Waals surface area contributed by atoms with Crippen LogP contribution in [-0.4, -0.2) is 12.7 Å². The van der Waals surface area contributed by atoms with E-state index in [4.69, 9.17) is 4.74 Å². The second-order valence-corrected chi connectivity index (χ2v) is 2.85. The molecule has 12 heavy (non-hydrogen) atoms. The van der Waals surface area contributed by atoms with Gasteiger partial charge in [-0.05, 0) is 13.3 Å². The Balaban J connectivity index is 3.32. The Bertz CT molecular complexity index is 126. The van der Waals surface area contributed by atoms with Gasteiger partial charge in [-0.2, -0.15) is 0 Å². The molecule has 0 N–H and O–H groups in total. The van der Waals surface area contributed by atoms with Gasteiger partial charge < -0.3 is 4.74 Å². The Morgan fingerprint density at radius 1 is 1.58 bits per heavy atom. The first-order valence-corrected chi connectivity index (χ1v) is 4.28. The third-order valence-electron chi connectivity index (χ3n) is 1.52. The molecule has 0 saturated heterocycles. The average Bonchev–Trinajstić information content (AvgIpc) is 2.05. The lowest BCUT2D eigenvalue weighted by Gasteiger charge is -2.11. The van der Waals surface area contributed by atoms with Crippen LogP contribution in [0, 0.1) is 0 Å². The van der Waals surface area contributed by atoms with E-state index < -0.39 is 0 Å². The van der Waals surface area contributed by atoms with Gasteiger partial charge in [-0.15, -0.1) is 0 Å². The number of ether oxygens (including phenoxy) is 1. The highest BCUT2D eigenvalue weighted by Crippen LogP contribution is 2.08. The first-order chi connectivity index (χ1) is 5.70. The van der Waals surface area contributed by atoms with Gasteiger partial charge in [-0.25, -0.2) is 0 Å². The fourth-order valence-corrected chi connectivity index (χ4v) is 0.840. The largest absolute Gasteiger partial charge is 0.378 e. The molecule has 0 amide bonds. The van der Waals surface area contributed by atoms with Crippen LogP contribution in [0.2, 0.25) is 0 Å². The molecule has 0 fully saturated rings. The lowest BCUT2D eigenvalue weighted by atomic mass is 10.2. The Morgan fingerprint density at radius 3 is 2.75 bits per heavy atom. The summed E-state index contributed by atoms with van der Waals surface area (Å²) in [6.45, 7) is 8.05. The third kappa shape index (κ3) is 6.16. The Hall–Kier alpha value is -0.570. The van der Waals surface area contributed by atoms with Gasteiger partial charge in [0.15, 0.2) is 0 Å². The van der Waals surface area contributed by atoms with Gasteiger partial charge in [0.2, 0.25) is 0 Å². The number of rotatable bonds is 7. The van der Waals surface area contributed by atoms with Crippen LogP contribution in [0.15, 0.2) is 12.3 Å². The zero-order valence-electron chi connectivity index (χ0n) is 7.81. The summed E-state index contributed by atoms with van der Waals surface area (Å²) >= 11 is 0. The Labute approximate surface area is 73.3 Å².